The van der Waals surface area contributed by atoms with E-state index in [1.807, 2.05) is 12.1 Å². The summed E-state index contributed by atoms with van der Waals surface area (Å²) in [7, 11) is 0. The van der Waals surface area contributed by atoms with E-state index in [0.717, 1.165) is 13.1 Å². The maximum atomic E-state index is 13.0. The van der Waals surface area contributed by atoms with Crippen molar-refractivity contribution in [3.05, 3.63) is 35.6 Å². The summed E-state index contributed by atoms with van der Waals surface area (Å²) in [6.45, 7) is 6.54. The summed E-state index contributed by atoms with van der Waals surface area (Å²) < 4.78 is 13.0. The summed E-state index contributed by atoms with van der Waals surface area (Å²) in [4.78, 5) is 0. The first kappa shape index (κ1) is 13.5. The second-order valence-corrected chi connectivity index (χ2v) is 6.02. The van der Waals surface area contributed by atoms with Gasteiger partial charge in [0, 0.05) is 12.0 Å². The van der Waals surface area contributed by atoms with Gasteiger partial charge in [-0.15, -0.1) is 0 Å². The Labute approximate surface area is 110 Å². The fourth-order valence-corrected chi connectivity index (χ4v) is 3.02. The molecule has 0 atom stereocenters. The zero-order valence-electron chi connectivity index (χ0n) is 11.5. The molecule has 1 nitrogen and oxygen atoms in total. The standard InChI is InChI=1S/C16H24FN/c1-13(2)11-18-12-16(9-3-4-10-16)14-5-7-15(17)8-6-14/h5-8,13,18H,3-4,9-12H2,1-2H3. The number of hydrogen-bond acceptors (Lipinski definition) is 1. The Kier molecular flexibility index (Phi) is 4.39. The topological polar surface area (TPSA) is 12.0 Å². The van der Waals surface area contributed by atoms with Crippen LogP contribution < -0.4 is 5.32 Å². The van der Waals surface area contributed by atoms with E-state index >= 15 is 0 Å². The van der Waals surface area contributed by atoms with Crippen LogP contribution in [0.15, 0.2) is 24.3 Å². The van der Waals surface area contributed by atoms with E-state index in [-0.39, 0.29) is 11.2 Å². The first-order valence-corrected chi connectivity index (χ1v) is 7.09. The minimum absolute atomic E-state index is 0.137. The molecule has 0 heterocycles. The summed E-state index contributed by atoms with van der Waals surface area (Å²) >= 11 is 0. The van der Waals surface area contributed by atoms with E-state index < -0.39 is 0 Å². The average Bonchev–Trinajstić information content (AvgIpc) is 2.79. The molecule has 1 aromatic carbocycles. The van der Waals surface area contributed by atoms with Crippen LogP contribution in [0, 0.1) is 11.7 Å². The van der Waals surface area contributed by atoms with E-state index in [4.69, 9.17) is 0 Å². The highest BCUT2D eigenvalue weighted by molar-refractivity contribution is 5.27. The van der Waals surface area contributed by atoms with Crippen LogP contribution in [0.1, 0.15) is 45.1 Å². The third kappa shape index (κ3) is 3.11. The highest BCUT2D eigenvalue weighted by atomic mass is 19.1. The normalized spacial score (nSPS) is 18.4. The maximum Gasteiger partial charge on any atom is 0.123 e. The minimum atomic E-state index is -0.137. The van der Waals surface area contributed by atoms with Gasteiger partial charge < -0.3 is 5.32 Å². The Hall–Kier alpha value is -0.890. The van der Waals surface area contributed by atoms with Gasteiger partial charge in [-0.3, -0.25) is 0 Å². The second kappa shape index (κ2) is 5.83. The van der Waals surface area contributed by atoms with Gasteiger partial charge >= 0.3 is 0 Å². The SMILES string of the molecule is CC(C)CNCC1(c2ccc(F)cc2)CCCC1. The summed E-state index contributed by atoms with van der Waals surface area (Å²) in [5.41, 5.74) is 1.54. The van der Waals surface area contributed by atoms with Gasteiger partial charge in [-0.1, -0.05) is 38.8 Å². The van der Waals surface area contributed by atoms with Crippen molar-refractivity contribution in [1.82, 2.24) is 5.32 Å². The Morgan fingerprint density at radius 1 is 1.17 bits per heavy atom. The molecular weight excluding hydrogens is 225 g/mol. The van der Waals surface area contributed by atoms with Crippen molar-refractivity contribution in [3.63, 3.8) is 0 Å². The lowest BCUT2D eigenvalue weighted by atomic mass is 9.78. The van der Waals surface area contributed by atoms with Gasteiger partial charge in [-0.2, -0.15) is 0 Å². The van der Waals surface area contributed by atoms with Gasteiger partial charge in [0.1, 0.15) is 5.82 Å². The largest absolute Gasteiger partial charge is 0.316 e. The highest BCUT2D eigenvalue weighted by Crippen LogP contribution is 2.40. The van der Waals surface area contributed by atoms with Gasteiger partial charge in [0.2, 0.25) is 0 Å². The van der Waals surface area contributed by atoms with Crippen LogP contribution in [0.4, 0.5) is 4.39 Å². The van der Waals surface area contributed by atoms with Crippen LogP contribution in [0.3, 0.4) is 0 Å². The molecule has 0 aromatic heterocycles. The van der Waals surface area contributed by atoms with Gasteiger partial charge in [0.15, 0.2) is 0 Å². The molecule has 1 saturated carbocycles. The Morgan fingerprint density at radius 3 is 2.33 bits per heavy atom. The third-order valence-corrected chi connectivity index (χ3v) is 4.03. The van der Waals surface area contributed by atoms with Crippen LogP contribution in [-0.2, 0) is 5.41 Å². The van der Waals surface area contributed by atoms with Gasteiger partial charge in [0.05, 0.1) is 0 Å². The van der Waals surface area contributed by atoms with E-state index in [9.17, 15) is 4.39 Å². The summed E-state index contributed by atoms with van der Waals surface area (Å²) in [6.07, 6.45) is 5.04. The average molecular weight is 249 g/mol. The fourth-order valence-electron chi connectivity index (χ4n) is 3.02. The molecule has 1 fully saturated rings. The van der Waals surface area contributed by atoms with Gasteiger partial charge in [-0.25, -0.2) is 4.39 Å². The summed E-state index contributed by atoms with van der Waals surface area (Å²) in [5, 5.41) is 3.59. The van der Waals surface area contributed by atoms with Gasteiger partial charge in [-0.05, 0) is 43.0 Å². The number of hydrogen-bond donors (Lipinski definition) is 1. The molecule has 0 unspecified atom stereocenters. The molecule has 0 bridgehead atoms. The van der Waals surface area contributed by atoms with E-state index in [2.05, 4.69) is 19.2 Å². The van der Waals surface area contributed by atoms with Crippen LogP contribution >= 0.6 is 0 Å². The predicted molar refractivity (Wildman–Crippen MR) is 74.3 cm³/mol. The highest BCUT2D eigenvalue weighted by Gasteiger charge is 2.35. The zero-order chi connectivity index (χ0) is 13.0. The monoisotopic (exact) mass is 249 g/mol. The molecular formula is C16H24FN. The van der Waals surface area contributed by atoms with Crippen molar-refractivity contribution >= 4 is 0 Å². The second-order valence-electron chi connectivity index (χ2n) is 6.02. The lowest BCUT2D eigenvalue weighted by Gasteiger charge is -2.30. The molecule has 2 heteroatoms. The third-order valence-electron chi connectivity index (χ3n) is 4.03. The number of nitrogens with one attached hydrogen (secondary N) is 1. The van der Waals surface area contributed by atoms with Gasteiger partial charge in [0.25, 0.3) is 0 Å². The number of benzene rings is 1. The van der Waals surface area contributed by atoms with Crippen LogP contribution in [0.2, 0.25) is 0 Å². The lowest BCUT2D eigenvalue weighted by Crippen LogP contribution is -2.37. The van der Waals surface area contributed by atoms with Crippen molar-refractivity contribution < 1.29 is 4.39 Å². The quantitative estimate of drug-likeness (QED) is 0.835. The van der Waals surface area contributed by atoms with Crippen LogP contribution in [0.25, 0.3) is 0 Å². The molecule has 0 aliphatic heterocycles. The van der Waals surface area contributed by atoms with E-state index in [1.54, 1.807) is 12.1 Å². The Morgan fingerprint density at radius 2 is 1.78 bits per heavy atom. The van der Waals surface area contributed by atoms with E-state index in [0.29, 0.717) is 5.92 Å². The number of halogens is 1. The molecule has 1 aliphatic carbocycles. The molecule has 0 saturated heterocycles. The minimum Gasteiger partial charge on any atom is -0.316 e. The maximum absolute atomic E-state index is 13.0. The van der Waals surface area contributed by atoms with Crippen LogP contribution in [-0.4, -0.2) is 13.1 Å². The van der Waals surface area contributed by atoms with Crippen molar-refractivity contribution in [2.24, 2.45) is 5.92 Å². The van der Waals surface area contributed by atoms with Crippen molar-refractivity contribution in [3.8, 4) is 0 Å². The molecule has 0 radical (unpaired) electrons. The zero-order valence-corrected chi connectivity index (χ0v) is 11.5. The Bertz CT molecular complexity index is 363. The molecule has 0 spiro atoms. The van der Waals surface area contributed by atoms with Crippen molar-refractivity contribution in [2.75, 3.05) is 13.1 Å². The fraction of sp³-hybridized carbons (Fsp3) is 0.625. The molecule has 1 N–H and O–H groups in total. The van der Waals surface area contributed by atoms with Crippen molar-refractivity contribution in [1.29, 1.82) is 0 Å². The predicted octanol–water partition coefficient (Wildman–Crippen LogP) is 3.88. The number of rotatable bonds is 5. The van der Waals surface area contributed by atoms with E-state index in [1.165, 1.54) is 31.2 Å². The molecule has 1 aliphatic rings. The van der Waals surface area contributed by atoms with Crippen molar-refractivity contribution in [2.45, 2.75) is 44.9 Å². The first-order valence-electron chi connectivity index (χ1n) is 7.09. The molecule has 1 aromatic rings. The first-order chi connectivity index (χ1) is 8.62. The molecule has 2 rings (SSSR count). The summed E-state index contributed by atoms with van der Waals surface area (Å²) in [5.74, 6) is 0.540. The Balaban J connectivity index is 2.08. The summed E-state index contributed by atoms with van der Waals surface area (Å²) in [6, 6.07) is 7.13. The molecule has 100 valence electrons. The van der Waals surface area contributed by atoms with Crippen LogP contribution in [0.5, 0.6) is 0 Å². The molecule has 18 heavy (non-hydrogen) atoms. The smallest absolute Gasteiger partial charge is 0.123 e. The lowest BCUT2D eigenvalue weighted by molar-refractivity contribution is 0.390. The molecule has 0 amide bonds.